The minimum atomic E-state index is -0.139. The number of H-pyrrole nitrogens is 2. The summed E-state index contributed by atoms with van der Waals surface area (Å²) in [6.45, 7) is 4.22. The zero-order chi connectivity index (χ0) is 17.1. The number of hydrogen-bond donors (Lipinski definition) is 2. The normalized spacial score (nSPS) is 15.4. The maximum absolute atomic E-state index is 12.7. The van der Waals surface area contributed by atoms with Crippen LogP contribution in [-0.4, -0.2) is 57.4 Å². The molecule has 2 N–H and O–H groups in total. The molecule has 128 valence electrons. The Labute approximate surface area is 145 Å². The van der Waals surface area contributed by atoms with Gasteiger partial charge in [0.25, 0.3) is 0 Å². The van der Waals surface area contributed by atoms with Gasteiger partial charge in [-0.1, -0.05) is 30.3 Å². The Balaban J connectivity index is 1.55. The largest absolute Gasteiger partial charge is 0.379 e. The molecule has 1 aliphatic heterocycles. The van der Waals surface area contributed by atoms with Crippen LogP contribution in [0.1, 0.15) is 21.7 Å². The number of nitrogens with one attached hydrogen (secondary N) is 2. The van der Waals surface area contributed by atoms with Crippen LogP contribution in [0.2, 0.25) is 0 Å². The number of aromatic amines is 2. The van der Waals surface area contributed by atoms with Gasteiger partial charge in [-0.3, -0.25) is 9.69 Å². The maximum Gasteiger partial charge on any atom is 0.215 e. The van der Waals surface area contributed by atoms with E-state index in [0.29, 0.717) is 17.0 Å². The van der Waals surface area contributed by atoms with Crippen molar-refractivity contribution in [3.63, 3.8) is 0 Å². The summed E-state index contributed by atoms with van der Waals surface area (Å²) in [5.74, 6) is -0.139. The fraction of sp³-hybridized carbons (Fsp3) is 0.278. The van der Waals surface area contributed by atoms with E-state index < -0.39 is 0 Å². The average molecular weight is 337 g/mol. The minimum absolute atomic E-state index is 0.139. The van der Waals surface area contributed by atoms with Gasteiger partial charge >= 0.3 is 0 Å². The number of aromatic nitrogens is 4. The monoisotopic (exact) mass is 337 g/mol. The molecule has 1 saturated heterocycles. The molecule has 7 heteroatoms. The molecular weight excluding hydrogens is 318 g/mol. The number of benzene rings is 1. The number of morpholine rings is 1. The summed E-state index contributed by atoms with van der Waals surface area (Å²) in [6, 6.07) is 11.1. The van der Waals surface area contributed by atoms with Crippen LogP contribution in [0.15, 0.2) is 42.6 Å². The van der Waals surface area contributed by atoms with Gasteiger partial charge in [0.1, 0.15) is 5.69 Å². The Morgan fingerprint density at radius 3 is 2.76 bits per heavy atom. The van der Waals surface area contributed by atoms with Crippen LogP contribution in [0.5, 0.6) is 0 Å². The summed E-state index contributed by atoms with van der Waals surface area (Å²) in [7, 11) is 0. The number of nitrogens with zero attached hydrogens (tertiary/aromatic N) is 3. The molecule has 0 bridgehead atoms. The number of rotatable bonds is 5. The number of ketones is 1. The van der Waals surface area contributed by atoms with E-state index >= 15 is 0 Å². The average Bonchev–Trinajstić information content (AvgIpc) is 3.32. The van der Waals surface area contributed by atoms with Crippen LogP contribution in [0.4, 0.5) is 0 Å². The molecule has 0 amide bonds. The highest BCUT2D eigenvalue weighted by molar-refractivity contribution is 6.10. The van der Waals surface area contributed by atoms with Gasteiger partial charge in [0, 0.05) is 42.7 Å². The van der Waals surface area contributed by atoms with Crippen LogP contribution in [0, 0.1) is 0 Å². The van der Waals surface area contributed by atoms with E-state index in [1.165, 1.54) is 0 Å². The lowest BCUT2D eigenvalue weighted by molar-refractivity contribution is 0.0337. The lowest BCUT2D eigenvalue weighted by atomic mass is 10.0. The van der Waals surface area contributed by atoms with Crippen LogP contribution < -0.4 is 0 Å². The van der Waals surface area contributed by atoms with Crippen LogP contribution in [0.25, 0.3) is 11.3 Å². The SMILES string of the molecule is O=C(c1ccccc1)c1n[nH]nc1-c1c[nH]c(CN2CCOCC2)c1. The van der Waals surface area contributed by atoms with E-state index in [9.17, 15) is 4.79 Å². The highest BCUT2D eigenvalue weighted by Gasteiger charge is 2.20. The predicted molar refractivity (Wildman–Crippen MR) is 92.1 cm³/mol. The van der Waals surface area contributed by atoms with Gasteiger partial charge in [0.15, 0.2) is 5.69 Å². The topological polar surface area (TPSA) is 86.9 Å². The van der Waals surface area contributed by atoms with Crippen molar-refractivity contribution in [3.05, 3.63) is 59.5 Å². The van der Waals surface area contributed by atoms with Gasteiger partial charge < -0.3 is 9.72 Å². The summed E-state index contributed by atoms with van der Waals surface area (Å²) in [6.07, 6.45) is 1.87. The first-order valence-electron chi connectivity index (χ1n) is 8.29. The van der Waals surface area contributed by atoms with E-state index in [-0.39, 0.29) is 5.78 Å². The Morgan fingerprint density at radius 1 is 1.16 bits per heavy atom. The molecule has 3 aromatic rings. The first kappa shape index (κ1) is 15.7. The van der Waals surface area contributed by atoms with Gasteiger partial charge in [-0.15, -0.1) is 0 Å². The Bertz CT molecular complexity index is 849. The van der Waals surface area contributed by atoms with Crippen LogP contribution in [-0.2, 0) is 11.3 Å². The van der Waals surface area contributed by atoms with Crippen molar-refractivity contribution in [2.75, 3.05) is 26.3 Å². The van der Waals surface area contributed by atoms with Crippen molar-refractivity contribution in [3.8, 4) is 11.3 Å². The summed E-state index contributed by atoms with van der Waals surface area (Å²) in [5.41, 5.74) is 3.44. The number of hydrogen-bond acceptors (Lipinski definition) is 5. The van der Waals surface area contributed by atoms with Crippen molar-refractivity contribution in [1.82, 2.24) is 25.3 Å². The molecule has 0 atom stereocenters. The smallest absolute Gasteiger partial charge is 0.215 e. The molecule has 0 spiro atoms. The summed E-state index contributed by atoms with van der Waals surface area (Å²) >= 11 is 0. The van der Waals surface area contributed by atoms with E-state index in [1.54, 1.807) is 12.1 Å². The fourth-order valence-electron chi connectivity index (χ4n) is 2.99. The molecule has 0 radical (unpaired) electrons. The second-order valence-corrected chi connectivity index (χ2v) is 6.02. The van der Waals surface area contributed by atoms with Gasteiger partial charge in [-0.05, 0) is 6.07 Å². The molecule has 1 aliphatic rings. The maximum atomic E-state index is 12.7. The van der Waals surface area contributed by atoms with Crippen LogP contribution >= 0.6 is 0 Å². The molecule has 1 fully saturated rings. The highest BCUT2D eigenvalue weighted by atomic mass is 16.5. The van der Waals surface area contributed by atoms with E-state index in [2.05, 4.69) is 25.3 Å². The van der Waals surface area contributed by atoms with Gasteiger partial charge in [-0.2, -0.15) is 15.4 Å². The van der Waals surface area contributed by atoms with Gasteiger partial charge in [0.2, 0.25) is 5.78 Å². The predicted octanol–water partition coefficient (Wildman–Crippen LogP) is 1.86. The lowest BCUT2D eigenvalue weighted by Gasteiger charge is -2.25. The first-order chi connectivity index (χ1) is 12.3. The molecule has 0 aliphatic carbocycles. The Hall–Kier alpha value is -2.77. The van der Waals surface area contributed by atoms with Crippen molar-refractivity contribution >= 4 is 5.78 Å². The molecule has 25 heavy (non-hydrogen) atoms. The third kappa shape index (κ3) is 3.38. The van der Waals surface area contributed by atoms with Crippen LogP contribution in [0.3, 0.4) is 0 Å². The first-order valence-corrected chi connectivity index (χ1v) is 8.29. The molecule has 2 aromatic heterocycles. The molecule has 4 rings (SSSR count). The highest BCUT2D eigenvalue weighted by Crippen LogP contribution is 2.23. The molecule has 1 aromatic carbocycles. The Morgan fingerprint density at radius 2 is 1.96 bits per heavy atom. The Kier molecular flexibility index (Phi) is 4.41. The minimum Gasteiger partial charge on any atom is -0.379 e. The molecular formula is C18H19N5O2. The standard InChI is InChI=1S/C18H19N5O2/c24-18(13-4-2-1-3-5-13)17-16(20-22-21-17)14-10-15(19-11-14)12-23-6-8-25-9-7-23/h1-5,10-11,19H,6-9,12H2,(H,20,21,22). The van der Waals surface area contributed by atoms with E-state index in [4.69, 9.17) is 4.74 Å². The zero-order valence-electron chi connectivity index (χ0n) is 13.7. The molecule has 0 saturated carbocycles. The summed E-state index contributed by atoms with van der Waals surface area (Å²) < 4.78 is 5.37. The lowest BCUT2D eigenvalue weighted by Crippen LogP contribution is -2.35. The third-order valence-electron chi connectivity index (χ3n) is 4.31. The van der Waals surface area contributed by atoms with Crippen molar-refractivity contribution < 1.29 is 9.53 Å². The number of carbonyl (C=O) groups excluding carboxylic acids is 1. The van der Waals surface area contributed by atoms with Gasteiger partial charge in [0.05, 0.1) is 13.2 Å². The number of carbonyl (C=O) groups is 1. The summed E-state index contributed by atoms with van der Waals surface area (Å²) in [5, 5.41) is 10.8. The second kappa shape index (κ2) is 7.00. The zero-order valence-corrected chi connectivity index (χ0v) is 13.7. The molecule has 0 unspecified atom stereocenters. The van der Waals surface area contributed by atoms with Crippen molar-refractivity contribution in [2.45, 2.75) is 6.54 Å². The van der Waals surface area contributed by atoms with Crippen molar-refractivity contribution in [2.24, 2.45) is 0 Å². The number of ether oxygens (including phenoxy) is 1. The molecule has 7 nitrogen and oxygen atoms in total. The third-order valence-corrected chi connectivity index (χ3v) is 4.31. The van der Waals surface area contributed by atoms with Gasteiger partial charge in [-0.25, -0.2) is 0 Å². The van der Waals surface area contributed by atoms with Crippen molar-refractivity contribution in [1.29, 1.82) is 0 Å². The van der Waals surface area contributed by atoms with E-state index in [0.717, 1.165) is 44.1 Å². The second-order valence-electron chi connectivity index (χ2n) is 6.02. The summed E-state index contributed by atoms with van der Waals surface area (Å²) in [4.78, 5) is 18.3. The fourth-order valence-corrected chi connectivity index (χ4v) is 2.99. The quantitative estimate of drug-likeness (QED) is 0.694. The van der Waals surface area contributed by atoms with E-state index in [1.807, 2.05) is 30.5 Å². The molecule has 3 heterocycles.